The predicted molar refractivity (Wildman–Crippen MR) is 140 cm³/mol. The number of phenols is 1. The summed E-state index contributed by atoms with van der Waals surface area (Å²) in [5.41, 5.74) is 9.07. The van der Waals surface area contributed by atoms with Crippen LogP contribution in [-0.2, 0) is 4.74 Å². The summed E-state index contributed by atoms with van der Waals surface area (Å²) < 4.78 is 5.89. The molecular weight excluding hydrogens is 454 g/mol. The zero-order valence-corrected chi connectivity index (χ0v) is 21.2. The molecule has 190 valence electrons. The first kappa shape index (κ1) is 25.6. The average molecular weight is 490 g/mol. The fraction of sp³-hybridized carbons (Fsp3) is 0.481. The van der Waals surface area contributed by atoms with Crippen molar-refractivity contribution in [3.63, 3.8) is 0 Å². The molecule has 0 bridgehead atoms. The molecule has 2 heterocycles. The van der Waals surface area contributed by atoms with Crippen LogP contribution in [0.3, 0.4) is 0 Å². The molecule has 36 heavy (non-hydrogen) atoms. The fourth-order valence-electron chi connectivity index (χ4n) is 4.97. The largest absolute Gasteiger partial charge is 0.507 e. The van der Waals surface area contributed by atoms with Crippen LogP contribution in [0, 0.1) is 11.3 Å². The quantitative estimate of drug-likeness (QED) is 0.522. The number of hydrogen-bond donors (Lipinski definition) is 3. The maximum absolute atomic E-state index is 9.94. The Labute approximate surface area is 212 Å². The number of nitriles is 1. The van der Waals surface area contributed by atoms with Gasteiger partial charge in [-0.3, -0.25) is 9.89 Å². The Bertz CT molecular complexity index is 1130. The lowest BCUT2D eigenvalue weighted by Gasteiger charge is -2.42. The van der Waals surface area contributed by atoms with Crippen molar-refractivity contribution in [3.8, 4) is 22.9 Å². The first-order chi connectivity index (χ1) is 17.3. The third-order valence-corrected chi connectivity index (χ3v) is 6.82. The lowest BCUT2D eigenvalue weighted by atomic mass is 9.90. The van der Waals surface area contributed by atoms with Crippen LogP contribution in [0.15, 0.2) is 47.0 Å². The lowest BCUT2D eigenvalue weighted by molar-refractivity contribution is -0.0843. The summed E-state index contributed by atoms with van der Waals surface area (Å²) in [7, 11) is 0. The minimum atomic E-state index is -0.0690. The number of morpholine rings is 1. The minimum absolute atomic E-state index is 0.0690. The highest BCUT2D eigenvalue weighted by molar-refractivity contribution is 5.83. The number of aromatic nitrogens is 2. The molecule has 0 amide bonds. The predicted octanol–water partition coefficient (Wildman–Crippen LogP) is 3.81. The number of allylic oxidation sites excluding steroid dienone is 2. The van der Waals surface area contributed by atoms with Crippen LogP contribution in [0.5, 0.6) is 5.75 Å². The van der Waals surface area contributed by atoms with Crippen molar-refractivity contribution in [1.82, 2.24) is 14.9 Å². The Morgan fingerprint density at radius 2 is 1.83 bits per heavy atom. The van der Waals surface area contributed by atoms with Crippen LogP contribution in [0.4, 0.5) is 5.95 Å². The molecule has 0 unspecified atom stereocenters. The maximum atomic E-state index is 9.94. The van der Waals surface area contributed by atoms with Crippen LogP contribution >= 0.6 is 0 Å². The molecule has 0 spiro atoms. The van der Waals surface area contributed by atoms with Crippen molar-refractivity contribution >= 4 is 12.2 Å². The molecule has 1 saturated carbocycles. The second kappa shape index (κ2) is 11.5. The summed E-state index contributed by atoms with van der Waals surface area (Å²) in [4.78, 5) is 16.2. The van der Waals surface area contributed by atoms with Crippen molar-refractivity contribution in [3.05, 3.63) is 47.6 Å². The van der Waals surface area contributed by atoms with Gasteiger partial charge in [-0.2, -0.15) is 5.26 Å². The second-order valence-electron chi connectivity index (χ2n) is 9.81. The van der Waals surface area contributed by atoms with Crippen LogP contribution in [0.2, 0.25) is 0 Å². The normalized spacial score (nSPS) is 25.8. The number of benzene rings is 1. The molecule has 9 nitrogen and oxygen atoms in total. The van der Waals surface area contributed by atoms with Gasteiger partial charge in [0.1, 0.15) is 11.8 Å². The van der Waals surface area contributed by atoms with Gasteiger partial charge in [-0.1, -0.05) is 6.07 Å². The molecule has 1 aliphatic heterocycles. The minimum Gasteiger partial charge on any atom is -0.507 e. The number of aliphatic imine (C=N–C) groups is 1. The third kappa shape index (κ3) is 6.39. The van der Waals surface area contributed by atoms with Gasteiger partial charge in [0.2, 0.25) is 5.95 Å². The van der Waals surface area contributed by atoms with E-state index in [1.807, 2.05) is 13.0 Å². The summed E-state index contributed by atoms with van der Waals surface area (Å²) in [6, 6.07) is 7.68. The Kier molecular flexibility index (Phi) is 8.18. The van der Waals surface area contributed by atoms with E-state index in [4.69, 9.17) is 20.7 Å². The highest BCUT2D eigenvalue weighted by Crippen LogP contribution is 2.28. The number of aromatic hydroxyl groups is 1. The van der Waals surface area contributed by atoms with Crippen LogP contribution < -0.4 is 11.1 Å². The Morgan fingerprint density at radius 3 is 2.42 bits per heavy atom. The Hall–Kier alpha value is -3.48. The van der Waals surface area contributed by atoms with Gasteiger partial charge in [-0.05, 0) is 64.2 Å². The number of anilines is 1. The van der Waals surface area contributed by atoms with Crippen LogP contribution in [0.25, 0.3) is 11.1 Å². The highest BCUT2D eigenvalue weighted by atomic mass is 16.5. The zero-order valence-electron chi connectivity index (χ0n) is 21.2. The van der Waals surface area contributed by atoms with Gasteiger partial charge < -0.3 is 20.9 Å². The topological polar surface area (TPSA) is 133 Å². The molecule has 0 radical (unpaired) electrons. The molecule has 2 aliphatic rings. The molecular formula is C27H35N7O2. The molecule has 2 atom stereocenters. The zero-order chi connectivity index (χ0) is 25.7. The van der Waals surface area contributed by atoms with E-state index in [-0.39, 0.29) is 17.4 Å². The van der Waals surface area contributed by atoms with Crippen molar-refractivity contribution in [2.75, 3.05) is 18.4 Å². The number of phenolic OH excluding ortho intramolecular Hbond substituents is 1. The summed E-state index contributed by atoms with van der Waals surface area (Å²) >= 11 is 0. The number of nitrogens with zero attached hydrogens (tertiary/aromatic N) is 5. The van der Waals surface area contributed by atoms with E-state index in [0.29, 0.717) is 35.6 Å². The van der Waals surface area contributed by atoms with E-state index >= 15 is 0 Å². The van der Waals surface area contributed by atoms with Gasteiger partial charge in [0.15, 0.2) is 0 Å². The Balaban J connectivity index is 1.33. The van der Waals surface area contributed by atoms with Gasteiger partial charge in [0.25, 0.3) is 0 Å². The van der Waals surface area contributed by atoms with Crippen molar-refractivity contribution in [1.29, 1.82) is 5.26 Å². The number of ether oxygens (including phenoxy) is 1. The average Bonchev–Trinajstić information content (AvgIpc) is 2.86. The van der Waals surface area contributed by atoms with Gasteiger partial charge >= 0.3 is 0 Å². The molecule has 9 heteroatoms. The van der Waals surface area contributed by atoms with Crippen molar-refractivity contribution in [2.45, 2.75) is 70.7 Å². The van der Waals surface area contributed by atoms with Gasteiger partial charge in [-0.15, -0.1) is 0 Å². The Morgan fingerprint density at radius 1 is 1.17 bits per heavy atom. The molecule has 1 aromatic carbocycles. The summed E-state index contributed by atoms with van der Waals surface area (Å²) in [5, 5.41) is 22.1. The first-order valence-electron chi connectivity index (χ1n) is 12.5. The monoisotopic (exact) mass is 489 g/mol. The third-order valence-electron chi connectivity index (χ3n) is 6.82. The summed E-state index contributed by atoms with van der Waals surface area (Å²) in [6.07, 6.45) is 10.1. The number of nitrogens with two attached hydrogens (primary N) is 1. The van der Waals surface area contributed by atoms with E-state index in [2.05, 4.69) is 34.0 Å². The SMILES string of the molecule is CC(N)=C(C=NC1CCC(N2C[C@@H](C)O[C@@H](C)C2)CC1)Nc1ncc(-c2ccc(C#N)c(O)c2)cn1. The molecule has 2 fully saturated rings. The number of nitrogens with one attached hydrogen (secondary N) is 1. The smallest absolute Gasteiger partial charge is 0.227 e. The number of hydrogen-bond acceptors (Lipinski definition) is 9. The van der Waals surface area contributed by atoms with E-state index in [0.717, 1.165) is 49.9 Å². The van der Waals surface area contributed by atoms with Crippen molar-refractivity contribution in [2.24, 2.45) is 10.7 Å². The number of rotatable bonds is 6. The molecule has 1 aliphatic carbocycles. The fourth-order valence-corrected chi connectivity index (χ4v) is 4.97. The van der Waals surface area contributed by atoms with E-state index in [1.54, 1.807) is 30.7 Å². The van der Waals surface area contributed by atoms with Crippen molar-refractivity contribution < 1.29 is 9.84 Å². The molecule has 1 aromatic heterocycles. The van der Waals surface area contributed by atoms with Crippen LogP contribution in [0.1, 0.15) is 52.0 Å². The molecule has 1 saturated heterocycles. The molecule has 2 aromatic rings. The highest BCUT2D eigenvalue weighted by Gasteiger charge is 2.30. The molecule has 4 N–H and O–H groups in total. The van der Waals surface area contributed by atoms with Gasteiger partial charge in [-0.25, -0.2) is 9.97 Å². The second-order valence-corrected chi connectivity index (χ2v) is 9.81. The first-order valence-corrected chi connectivity index (χ1v) is 12.5. The van der Waals surface area contributed by atoms with E-state index in [9.17, 15) is 5.11 Å². The van der Waals surface area contributed by atoms with E-state index < -0.39 is 0 Å². The van der Waals surface area contributed by atoms with Gasteiger partial charge in [0.05, 0.1) is 29.5 Å². The summed E-state index contributed by atoms with van der Waals surface area (Å²) in [5.74, 6) is 0.336. The maximum Gasteiger partial charge on any atom is 0.227 e. The van der Waals surface area contributed by atoms with Crippen LogP contribution in [-0.4, -0.2) is 63.6 Å². The lowest BCUT2D eigenvalue weighted by Crippen LogP contribution is -2.51. The standard InChI is InChI=1S/C27H35N7O2/c1-17-15-34(16-18(2)36-17)24-8-6-23(7-9-24)30-14-25(19(3)29)33-27-31-12-22(13-32-27)20-4-5-21(11-28)26(35)10-20/h4-5,10,12-14,17-18,23-24,35H,6-9,15-16,29H2,1-3H3,(H,31,32,33)/t17-,18+,23?,24?. The van der Waals surface area contributed by atoms with Gasteiger partial charge in [0, 0.05) is 49.0 Å². The summed E-state index contributed by atoms with van der Waals surface area (Å²) in [6.45, 7) is 8.15. The molecule has 4 rings (SSSR count). The van der Waals surface area contributed by atoms with E-state index in [1.165, 1.54) is 6.07 Å².